The van der Waals surface area contributed by atoms with E-state index in [1.807, 2.05) is 0 Å². The van der Waals surface area contributed by atoms with E-state index in [0.29, 0.717) is 5.56 Å². The van der Waals surface area contributed by atoms with Crippen molar-refractivity contribution in [1.82, 2.24) is 14.7 Å². The molecule has 0 radical (unpaired) electrons. The lowest BCUT2D eigenvalue weighted by Gasteiger charge is -2.26. The first kappa shape index (κ1) is 16.2. The maximum absolute atomic E-state index is 12.3. The van der Waals surface area contributed by atoms with Crippen LogP contribution in [0.25, 0.3) is 0 Å². The SMILES string of the molecule is C[C@H](N[S@@+]([O-])C(C)(C)C)c1cnc(C(F)(F)F)nc1. The lowest BCUT2D eigenvalue weighted by molar-refractivity contribution is -0.145. The fourth-order valence-electron chi connectivity index (χ4n) is 1.11. The summed E-state index contributed by atoms with van der Waals surface area (Å²) in [6, 6.07) is -0.401. The van der Waals surface area contributed by atoms with E-state index in [-0.39, 0.29) is 0 Å². The normalized spacial score (nSPS) is 16.2. The summed E-state index contributed by atoms with van der Waals surface area (Å²) in [5, 5.41) is 0. The van der Waals surface area contributed by atoms with E-state index in [9.17, 15) is 17.7 Å². The van der Waals surface area contributed by atoms with E-state index in [1.54, 1.807) is 27.7 Å². The van der Waals surface area contributed by atoms with Crippen molar-refractivity contribution in [3.63, 3.8) is 0 Å². The highest BCUT2D eigenvalue weighted by Crippen LogP contribution is 2.26. The molecule has 108 valence electrons. The monoisotopic (exact) mass is 295 g/mol. The van der Waals surface area contributed by atoms with E-state index in [2.05, 4.69) is 14.7 Å². The van der Waals surface area contributed by atoms with E-state index in [4.69, 9.17) is 0 Å². The number of nitrogens with zero attached hydrogens (tertiary/aromatic N) is 2. The van der Waals surface area contributed by atoms with Crippen molar-refractivity contribution in [3.8, 4) is 0 Å². The summed E-state index contributed by atoms with van der Waals surface area (Å²) in [5.41, 5.74) is 0.450. The number of rotatable bonds is 3. The van der Waals surface area contributed by atoms with Crippen LogP contribution in [0.3, 0.4) is 0 Å². The molecule has 0 saturated heterocycles. The summed E-state index contributed by atoms with van der Waals surface area (Å²) in [7, 11) is 0. The second-order valence-electron chi connectivity index (χ2n) is 5.06. The fourth-order valence-corrected chi connectivity index (χ4v) is 1.92. The highest BCUT2D eigenvalue weighted by Gasteiger charge is 2.34. The van der Waals surface area contributed by atoms with E-state index < -0.39 is 34.2 Å². The molecule has 1 rings (SSSR count). The Morgan fingerprint density at radius 2 is 1.68 bits per heavy atom. The van der Waals surface area contributed by atoms with Crippen LogP contribution < -0.4 is 4.72 Å². The van der Waals surface area contributed by atoms with Gasteiger partial charge in [-0.1, -0.05) is 0 Å². The van der Waals surface area contributed by atoms with Crippen molar-refractivity contribution in [1.29, 1.82) is 0 Å². The molecule has 1 heterocycles. The third kappa shape index (κ3) is 4.63. The molecule has 4 nitrogen and oxygen atoms in total. The van der Waals surface area contributed by atoms with Crippen molar-refractivity contribution in [2.75, 3.05) is 0 Å². The first-order valence-electron chi connectivity index (χ1n) is 5.59. The van der Waals surface area contributed by atoms with Crippen LogP contribution in [0, 0.1) is 0 Å². The maximum Gasteiger partial charge on any atom is 0.451 e. The van der Waals surface area contributed by atoms with Crippen LogP contribution >= 0.6 is 0 Å². The van der Waals surface area contributed by atoms with Crippen molar-refractivity contribution >= 4 is 11.4 Å². The average Bonchev–Trinajstić information content (AvgIpc) is 2.26. The molecule has 2 atom stereocenters. The van der Waals surface area contributed by atoms with Gasteiger partial charge >= 0.3 is 6.18 Å². The first-order chi connectivity index (χ1) is 8.51. The Morgan fingerprint density at radius 3 is 2.05 bits per heavy atom. The van der Waals surface area contributed by atoms with Crippen LogP contribution in [0.4, 0.5) is 13.2 Å². The van der Waals surface area contributed by atoms with Gasteiger partial charge in [-0.3, -0.25) is 0 Å². The number of hydrogen-bond donors (Lipinski definition) is 1. The summed E-state index contributed by atoms with van der Waals surface area (Å²) in [6.07, 6.45) is -2.37. The van der Waals surface area contributed by atoms with Gasteiger partial charge in [0, 0.05) is 29.3 Å². The summed E-state index contributed by atoms with van der Waals surface area (Å²) >= 11 is -1.32. The van der Waals surface area contributed by atoms with Crippen molar-refractivity contribution < 1.29 is 17.7 Å². The standard InChI is InChI=1S/C11H16F3N3OS/c1-7(17-19(18)10(2,3)4)8-5-15-9(16-6-8)11(12,13)14/h5-7,17H,1-4H3/t7-,19-/m0/s1. The Labute approximate surface area is 113 Å². The van der Waals surface area contributed by atoms with Gasteiger partial charge in [0.25, 0.3) is 0 Å². The maximum atomic E-state index is 12.3. The summed E-state index contributed by atoms with van der Waals surface area (Å²) < 4.78 is 51.1. The van der Waals surface area contributed by atoms with Crippen LogP contribution in [0.5, 0.6) is 0 Å². The second kappa shape index (κ2) is 5.64. The number of halogens is 3. The minimum absolute atomic E-state index is 0.401. The zero-order valence-corrected chi connectivity index (χ0v) is 11.9. The molecular formula is C11H16F3N3OS. The van der Waals surface area contributed by atoms with Gasteiger partial charge in [-0.15, -0.1) is 4.72 Å². The Morgan fingerprint density at radius 1 is 1.21 bits per heavy atom. The van der Waals surface area contributed by atoms with Crippen LogP contribution in [-0.4, -0.2) is 19.3 Å². The summed E-state index contributed by atoms with van der Waals surface area (Å²) in [6.45, 7) is 7.08. The van der Waals surface area contributed by atoms with Gasteiger partial charge < -0.3 is 4.55 Å². The van der Waals surface area contributed by atoms with Crippen molar-refractivity contribution in [2.24, 2.45) is 0 Å². The largest absolute Gasteiger partial charge is 0.598 e. The van der Waals surface area contributed by atoms with E-state index in [1.165, 1.54) is 0 Å². The molecule has 19 heavy (non-hydrogen) atoms. The third-order valence-corrected chi connectivity index (χ3v) is 3.95. The molecule has 0 aliphatic carbocycles. The van der Waals surface area contributed by atoms with Crippen LogP contribution in [0.1, 0.15) is 45.1 Å². The van der Waals surface area contributed by atoms with Crippen LogP contribution in [-0.2, 0) is 17.5 Å². The average molecular weight is 295 g/mol. The predicted octanol–water partition coefficient (Wildman–Crippen LogP) is 2.61. The molecule has 1 aromatic heterocycles. The Kier molecular flexibility index (Phi) is 4.81. The minimum atomic E-state index is -4.55. The molecule has 0 bridgehead atoms. The van der Waals surface area contributed by atoms with Crippen molar-refractivity contribution in [2.45, 2.75) is 44.7 Å². The molecule has 1 N–H and O–H groups in total. The molecule has 0 unspecified atom stereocenters. The molecular weight excluding hydrogens is 279 g/mol. The molecule has 0 fully saturated rings. The third-order valence-electron chi connectivity index (χ3n) is 2.27. The molecule has 0 saturated carbocycles. The molecule has 0 aliphatic rings. The summed E-state index contributed by atoms with van der Waals surface area (Å²) in [5.74, 6) is -1.18. The number of aromatic nitrogens is 2. The highest BCUT2D eigenvalue weighted by molar-refractivity contribution is 7.90. The molecule has 0 spiro atoms. The zero-order valence-electron chi connectivity index (χ0n) is 11.1. The lowest BCUT2D eigenvalue weighted by Crippen LogP contribution is -2.40. The topological polar surface area (TPSA) is 60.9 Å². The van der Waals surface area contributed by atoms with Crippen molar-refractivity contribution in [3.05, 3.63) is 23.8 Å². The first-order valence-corrected chi connectivity index (χ1v) is 6.74. The van der Waals surface area contributed by atoms with Gasteiger partial charge in [-0.25, -0.2) is 9.97 Å². The zero-order chi connectivity index (χ0) is 14.8. The quantitative estimate of drug-likeness (QED) is 0.871. The Bertz CT molecular complexity index is 417. The van der Waals surface area contributed by atoms with Crippen LogP contribution in [0.2, 0.25) is 0 Å². The van der Waals surface area contributed by atoms with Gasteiger partial charge in [0.2, 0.25) is 5.82 Å². The lowest BCUT2D eigenvalue weighted by atomic mass is 10.2. The minimum Gasteiger partial charge on any atom is -0.598 e. The number of nitrogens with one attached hydrogen (secondary N) is 1. The molecule has 1 aromatic rings. The van der Waals surface area contributed by atoms with E-state index >= 15 is 0 Å². The van der Waals surface area contributed by atoms with Crippen LogP contribution in [0.15, 0.2) is 12.4 Å². The Hall–Kier alpha value is -0.860. The smallest absolute Gasteiger partial charge is 0.451 e. The molecule has 0 aromatic carbocycles. The van der Waals surface area contributed by atoms with Gasteiger partial charge in [-0.05, 0) is 27.7 Å². The second-order valence-corrected chi connectivity index (χ2v) is 7.06. The molecule has 0 amide bonds. The predicted molar refractivity (Wildman–Crippen MR) is 66.5 cm³/mol. The van der Waals surface area contributed by atoms with Gasteiger partial charge in [0.15, 0.2) is 0 Å². The van der Waals surface area contributed by atoms with Gasteiger partial charge in [0.05, 0.1) is 6.04 Å². The van der Waals surface area contributed by atoms with Gasteiger partial charge in [0.1, 0.15) is 4.75 Å². The van der Waals surface area contributed by atoms with Gasteiger partial charge in [-0.2, -0.15) is 13.2 Å². The molecule has 8 heteroatoms. The number of alkyl halides is 3. The highest BCUT2D eigenvalue weighted by atomic mass is 32.2. The molecule has 0 aliphatic heterocycles. The number of hydrogen-bond acceptors (Lipinski definition) is 4. The summed E-state index contributed by atoms with van der Waals surface area (Å²) in [4.78, 5) is 6.53. The van der Waals surface area contributed by atoms with E-state index in [0.717, 1.165) is 12.4 Å². The fraction of sp³-hybridized carbons (Fsp3) is 0.636. The Balaban J connectivity index is 2.76.